The van der Waals surface area contributed by atoms with Crippen molar-refractivity contribution in [3.63, 3.8) is 0 Å². The van der Waals surface area contributed by atoms with Crippen molar-refractivity contribution < 1.29 is 9.90 Å². The number of amides is 1. The molecule has 0 fully saturated rings. The van der Waals surface area contributed by atoms with Crippen LogP contribution in [0.3, 0.4) is 0 Å². The van der Waals surface area contributed by atoms with Gasteiger partial charge in [0.2, 0.25) is 0 Å². The van der Waals surface area contributed by atoms with Gasteiger partial charge in [-0.3, -0.25) is 4.79 Å². The SMILES string of the molecule is O=C(N[C@@H]1C=C[C@H](CO)C1)c1ccc(Cl)cn1. The van der Waals surface area contributed by atoms with E-state index in [4.69, 9.17) is 16.7 Å². The molecule has 5 heteroatoms. The Balaban J connectivity index is 1.94. The summed E-state index contributed by atoms with van der Waals surface area (Å²) in [6, 6.07) is 3.18. The molecule has 1 aliphatic rings. The van der Waals surface area contributed by atoms with E-state index in [9.17, 15) is 4.79 Å². The maximum Gasteiger partial charge on any atom is 0.270 e. The molecular weight excluding hydrogens is 240 g/mol. The number of carbonyl (C=O) groups excluding carboxylic acids is 1. The van der Waals surface area contributed by atoms with E-state index in [1.807, 2.05) is 12.2 Å². The first kappa shape index (κ1) is 12.1. The molecule has 2 atom stereocenters. The Morgan fingerprint density at radius 3 is 2.94 bits per heavy atom. The van der Waals surface area contributed by atoms with Crippen molar-refractivity contribution in [1.82, 2.24) is 10.3 Å². The summed E-state index contributed by atoms with van der Waals surface area (Å²) in [5.41, 5.74) is 0.343. The number of rotatable bonds is 3. The lowest BCUT2D eigenvalue weighted by molar-refractivity contribution is 0.0936. The number of nitrogens with zero attached hydrogens (tertiary/aromatic N) is 1. The fraction of sp³-hybridized carbons (Fsp3) is 0.333. The first-order chi connectivity index (χ1) is 8.19. The Kier molecular flexibility index (Phi) is 3.76. The lowest BCUT2D eigenvalue weighted by atomic mass is 10.1. The summed E-state index contributed by atoms with van der Waals surface area (Å²) < 4.78 is 0. The average Bonchev–Trinajstić information content (AvgIpc) is 2.77. The van der Waals surface area contributed by atoms with Gasteiger partial charge >= 0.3 is 0 Å². The molecule has 2 N–H and O–H groups in total. The zero-order chi connectivity index (χ0) is 12.3. The first-order valence-electron chi connectivity index (χ1n) is 5.40. The molecule has 1 aliphatic carbocycles. The minimum atomic E-state index is -0.227. The van der Waals surface area contributed by atoms with Crippen LogP contribution in [-0.4, -0.2) is 28.6 Å². The van der Waals surface area contributed by atoms with E-state index in [2.05, 4.69) is 10.3 Å². The second kappa shape index (κ2) is 5.29. The van der Waals surface area contributed by atoms with Crippen LogP contribution in [0.5, 0.6) is 0 Å². The van der Waals surface area contributed by atoms with Gasteiger partial charge in [-0.15, -0.1) is 0 Å². The van der Waals surface area contributed by atoms with Gasteiger partial charge in [0, 0.05) is 24.8 Å². The molecule has 0 bridgehead atoms. The number of hydrogen-bond donors (Lipinski definition) is 2. The van der Waals surface area contributed by atoms with Gasteiger partial charge in [-0.1, -0.05) is 23.8 Å². The maximum absolute atomic E-state index is 11.8. The molecule has 2 rings (SSSR count). The van der Waals surface area contributed by atoms with Crippen molar-refractivity contribution in [2.45, 2.75) is 12.5 Å². The minimum Gasteiger partial charge on any atom is -0.396 e. The number of aromatic nitrogens is 1. The van der Waals surface area contributed by atoms with Crippen molar-refractivity contribution in [2.75, 3.05) is 6.61 Å². The van der Waals surface area contributed by atoms with Gasteiger partial charge in [0.05, 0.1) is 5.02 Å². The largest absolute Gasteiger partial charge is 0.396 e. The molecule has 4 nitrogen and oxygen atoms in total. The topological polar surface area (TPSA) is 62.2 Å². The van der Waals surface area contributed by atoms with Crippen molar-refractivity contribution in [2.24, 2.45) is 5.92 Å². The molecule has 0 spiro atoms. The molecule has 0 saturated carbocycles. The highest BCUT2D eigenvalue weighted by atomic mass is 35.5. The molecule has 1 amide bonds. The summed E-state index contributed by atoms with van der Waals surface area (Å²) in [4.78, 5) is 15.7. The second-order valence-electron chi connectivity index (χ2n) is 4.00. The van der Waals surface area contributed by atoms with Crippen LogP contribution in [0.4, 0.5) is 0 Å². The third-order valence-corrected chi connectivity index (χ3v) is 2.91. The van der Waals surface area contributed by atoms with Crippen LogP contribution in [0.2, 0.25) is 5.02 Å². The molecule has 0 unspecified atom stereocenters. The summed E-state index contributed by atoms with van der Waals surface area (Å²) >= 11 is 5.69. The van der Waals surface area contributed by atoms with Crippen LogP contribution >= 0.6 is 11.6 Å². The monoisotopic (exact) mass is 252 g/mol. The first-order valence-corrected chi connectivity index (χ1v) is 5.78. The average molecular weight is 253 g/mol. The summed E-state index contributed by atoms with van der Waals surface area (Å²) in [5, 5.41) is 12.3. The minimum absolute atomic E-state index is 0.0304. The lowest BCUT2D eigenvalue weighted by Crippen LogP contribution is -2.33. The fourth-order valence-electron chi connectivity index (χ4n) is 1.77. The van der Waals surface area contributed by atoms with Gasteiger partial charge in [-0.2, -0.15) is 0 Å². The number of carbonyl (C=O) groups is 1. The third kappa shape index (κ3) is 3.05. The standard InChI is InChI=1S/C12H13ClN2O2/c13-9-2-4-11(14-6-9)12(17)15-10-3-1-8(5-10)7-16/h1-4,6,8,10,16H,5,7H2,(H,15,17)/t8-,10+/m0/s1. The molecule has 90 valence electrons. The Hall–Kier alpha value is -1.39. The molecule has 0 radical (unpaired) electrons. The van der Waals surface area contributed by atoms with Crippen LogP contribution < -0.4 is 5.32 Å². The van der Waals surface area contributed by atoms with Gasteiger partial charge in [0.15, 0.2) is 0 Å². The van der Waals surface area contributed by atoms with Crippen LogP contribution in [0.25, 0.3) is 0 Å². The van der Waals surface area contributed by atoms with E-state index in [0.29, 0.717) is 10.7 Å². The number of hydrogen-bond acceptors (Lipinski definition) is 3. The number of pyridine rings is 1. The van der Waals surface area contributed by atoms with Crippen LogP contribution in [0.15, 0.2) is 30.5 Å². The summed E-state index contributed by atoms with van der Waals surface area (Å²) in [5.74, 6) is -0.0895. The van der Waals surface area contributed by atoms with Crippen molar-refractivity contribution in [3.8, 4) is 0 Å². The quantitative estimate of drug-likeness (QED) is 0.800. The molecule has 1 heterocycles. The van der Waals surface area contributed by atoms with E-state index in [1.165, 1.54) is 6.20 Å². The Morgan fingerprint density at radius 1 is 1.53 bits per heavy atom. The number of halogens is 1. The van der Waals surface area contributed by atoms with E-state index >= 15 is 0 Å². The molecule has 17 heavy (non-hydrogen) atoms. The maximum atomic E-state index is 11.8. The molecule has 0 saturated heterocycles. The van der Waals surface area contributed by atoms with Gasteiger partial charge in [-0.25, -0.2) is 4.98 Å². The van der Waals surface area contributed by atoms with Crippen LogP contribution in [-0.2, 0) is 0 Å². The van der Waals surface area contributed by atoms with Crippen LogP contribution in [0, 0.1) is 5.92 Å². The lowest BCUT2D eigenvalue weighted by Gasteiger charge is -2.12. The fourth-order valence-corrected chi connectivity index (χ4v) is 1.88. The smallest absolute Gasteiger partial charge is 0.270 e. The molecule has 1 aromatic rings. The van der Waals surface area contributed by atoms with Crippen LogP contribution in [0.1, 0.15) is 16.9 Å². The van der Waals surface area contributed by atoms with E-state index < -0.39 is 0 Å². The number of aliphatic hydroxyl groups excluding tert-OH is 1. The Bertz CT molecular complexity index is 431. The van der Waals surface area contributed by atoms with Gasteiger partial charge < -0.3 is 10.4 Å². The molecule has 1 aromatic heterocycles. The second-order valence-corrected chi connectivity index (χ2v) is 4.44. The van der Waals surface area contributed by atoms with E-state index in [1.54, 1.807) is 12.1 Å². The van der Waals surface area contributed by atoms with Crippen molar-refractivity contribution in [3.05, 3.63) is 41.2 Å². The van der Waals surface area contributed by atoms with Gasteiger partial charge in [-0.05, 0) is 18.6 Å². The predicted octanol–water partition coefficient (Wildman–Crippen LogP) is 1.40. The zero-order valence-corrected chi connectivity index (χ0v) is 9.89. The molecule has 0 aromatic carbocycles. The highest BCUT2D eigenvalue weighted by molar-refractivity contribution is 6.30. The Morgan fingerprint density at radius 2 is 2.35 bits per heavy atom. The number of aliphatic hydroxyl groups is 1. The summed E-state index contributed by atoms with van der Waals surface area (Å²) in [7, 11) is 0. The normalized spacial score (nSPS) is 22.7. The molecular formula is C12H13ClN2O2. The summed E-state index contributed by atoms with van der Waals surface area (Å²) in [6.45, 7) is 0.113. The van der Waals surface area contributed by atoms with Gasteiger partial charge in [0.1, 0.15) is 5.69 Å². The Labute approximate surface area is 104 Å². The zero-order valence-electron chi connectivity index (χ0n) is 9.14. The highest BCUT2D eigenvalue weighted by Crippen LogP contribution is 2.17. The van der Waals surface area contributed by atoms with E-state index in [0.717, 1.165) is 6.42 Å². The third-order valence-electron chi connectivity index (χ3n) is 2.68. The summed E-state index contributed by atoms with van der Waals surface area (Å²) in [6.07, 6.45) is 5.99. The van der Waals surface area contributed by atoms with Crippen molar-refractivity contribution in [1.29, 1.82) is 0 Å². The molecule has 0 aliphatic heterocycles. The predicted molar refractivity (Wildman–Crippen MR) is 64.8 cm³/mol. The van der Waals surface area contributed by atoms with E-state index in [-0.39, 0.29) is 24.5 Å². The highest BCUT2D eigenvalue weighted by Gasteiger charge is 2.20. The van der Waals surface area contributed by atoms with Gasteiger partial charge in [0.25, 0.3) is 5.91 Å². The van der Waals surface area contributed by atoms with Crippen molar-refractivity contribution >= 4 is 17.5 Å². The number of nitrogens with one attached hydrogen (secondary N) is 1.